The Morgan fingerprint density at radius 3 is 2.27 bits per heavy atom. The van der Waals surface area contributed by atoms with Crippen LogP contribution < -0.4 is 5.32 Å². The minimum absolute atomic E-state index is 0.0244. The van der Waals surface area contributed by atoms with Crippen LogP contribution in [0.1, 0.15) is 68.4 Å². The number of carbonyl (C=O) groups excluding carboxylic acids is 1. The lowest BCUT2D eigenvalue weighted by Gasteiger charge is -2.37. The van der Waals surface area contributed by atoms with Crippen LogP contribution in [-0.2, 0) is 10.2 Å². The number of hydrogen-bond donors (Lipinski definition) is 1. The highest BCUT2D eigenvalue weighted by Gasteiger charge is 2.36. The summed E-state index contributed by atoms with van der Waals surface area (Å²) >= 11 is 0. The normalized spacial score (nSPS) is 20.0. The Bertz CT molecular complexity index is 907. The number of amides is 1. The molecule has 0 unspecified atom stereocenters. The van der Waals surface area contributed by atoms with Crippen molar-refractivity contribution in [2.24, 2.45) is 5.92 Å². The Labute approximate surface area is 199 Å². The summed E-state index contributed by atoms with van der Waals surface area (Å²) in [5.74, 6) is 0.628. The number of carbonyl (C=O) groups is 1. The number of nitrogens with zero attached hydrogens (tertiary/aromatic N) is 2. The van der Waals surface area contributed by atoms with Gasteiger partial charge in [-0.1, -0.05) is 79.9 Å². The molecule has 1 aliphatic heterocycles. The van der Waals surface area contributed by atoms with Crippen molar-refractivity contribution in [1.82, 2.24) is 10.2 Å². The van der Waals surface area contributed by atoms with Crippen LogP contribution in [0.4, 0.5) is 0 Å². The molecule has 2 aromatic rings. The van der Waals surface area contributed by atoms with Crippen LogP contribution in [0, 0.1) is 17.2 Å². The molecule has 1 aliphatic carbocycles. The van der Waals surface area contributed by atoms with Crippen molar-refractivity contribution in [2.45, 2.75) is 62.7 Å². The third-order valence-corrected chi connectivity index (χ3v) is 7.76. The van der Waals surface area contributed by atoms with Gasteiger partial charge < -0.3 is 10.2 Å². The predicted molar refractivity (Wildman–Crippen MR) is 133 cm³/mol. The van der Waals surface area contributed by atoms with Crippen molar-refractivity contribution in [3.63, 3.8) is 0 Å². The molecule has 1 heterocycles. The zero-order valence-electron chi connectivity index (χ0n) is 19.7. The molecule has 1 saturated heterocycles. The van der Waals surface area contributed by atoms with Crippen LogP contribution in [0.2, 0.25) is 0 Å². The van der Waals surface area contributed by atoms with E-state index in [4.69, 9.17) is 0 Å². The second-order valence-corrected chi connectivity index (χ2v) is 9.83. The SMILES string of the molecule is N#CC1(c2ccccc2)CCN(CCCNC(=O)[C@H](c2ccccc2)C2CCCCC2)CC1. The van der Waals surface area contributed by atoms with E-state index in [1.54, 1.807) is 0 Å². The molecular weight excluding hydrogens is 406 g/mol. The standard InChI is InChI=1S/C29H37N3O/c30-23-29(26-15-8-3-9-16-26)17-21-32(22-18-29)20-10-19-31-28(33)27(24-11-4-1-5-12-24)25-13-6-2-7-14-25/h1,3-5,8-9,11-12,15-16,25,27H,2,6-7,10,13-14,17-22H2,(H,31,33)/t27-/m1/s1. The molecule has 0 aromatic heterocycles. The molecule has 4 rings (SSSR count). The van der Waals surface area contributed by atoms with Gasteiger partial charge in [0.1, 0.15) is 0 Å². The van der Waals surface area contributed by atoms with E-state index in [9.17, 15) is 10.1 Å². The van der Waals surface area contributed by atoms with Gasteiger partial charge >= 0.3 is 0 Å². The number of rotatable bonds is 8. The topological polar surface area (TPSA) is 56.1 Å². The van der Waals surface area contributed by atoms with Gasteiger partial charge in [-0.05, 0) is 68.8 Å². The number of piperidine rings is 1. The summed E-state index contributed by atoms with van der Waals surface area (Å²) in [4.78, 5) is 15.7. The van der Waals surface area contributed by atoms with E-state index in [-0.39, 0.29) is 17.2 Å². The van der Waals surface area contributed by atoms with Gasteiger partial charge in [-0.2, -0.15) is 5.26 Å². The Morgan fingerprint density at radius 2 is 1.64 bits per heavy atom. The van der Waals surface area contributed by atoms with Crippen molar-refractivity contribution in [2.75, 3.05) is 26.2 Å². The minimum Gasteiger partial charge on any atom is -0.356 e. The first kappa shape index (κ1) is 23.5. The molecule has 2 aromatic carbocycles. The molecule has 1 atom stereocenters. The van der Waals surface area contributed by atoms with E-state index in [0.29, 0.717) is 12.5 Å². The quantitative estimate of drug-likeness (QED) is 0.555. The van der Waals surface area contributed by atoms with Gasteiger partial charge in [0.25, 0.3) is 0 Å². The van der Waals surface area contributed by atoms with Gasteiger partial charge in [-0.3, -0.25) is 4.79 Å². The van der Waals surface area contributed by atoms with Gasteiger partial charge in [0.2, 0.25) is 5.91 Å². The first-order valence-electron chi connectivity index (χ1n) is 12.7. The first-order valence-corrected chi connectivity index (χ1v) is 12.7. The van der Waals surface area contributed by atoms with Crippen LogP contribution in [0.5, 0.6) is 0 Å². The van der Waals surface area contributed by atoms with Crippen molar-refractivity contribution < 1.29 is 4.79 Å². The molecule has 2 aliphatic rings. The van der Waals surface area contributed by atoms with Crippen molar-refractivity contribution in [3.05, 3.63) is 71.8 Å². The summed E-state index contributed by atoms with van der Waals surface area (Å²) in [6.07, 6.45) is 8.78. The van der Waals surface area contributed by atoms with Crippen LogP contribution >= 0.6 is 0 Å². The summed E-state index contributed by atoms with van der Waals surface area (Å²) < 4.78 is 0. The van der Waals surface area contributed by atoms with E-state index in [2.05, 4.69) is 40.6 Å². The molecule has 0 spiro atoms. The Kier molecular flexibility index (Phi) is 8.18. The fourth-order valence-electron chi connectivity index (χ4n) is 5.77. The third kappa shape index (κ3) is 5.84. The summed E-state index contributed by atoms with van der Waals surface area (Å²) in [7, 11) is 0. The first-order chi connectivity index (χ1) is 16.2. The maximum absolute atomic E-state index is 13.2. The molecule has 33 heavy (non-hydrogen) atoms. The molecule has 1 N–H and O–H groups in total. The number of benzene rings is 2. The number of nitrogens with one attached hydrogen (secondary N) is 1. The smallest absolute Gasteiger partial charge is 0.227 e. The van der Waals surface area contributed by atoms with Gasteiger partial charge in [0, 0.05) is 6.54 Å². The number of likely N-dealkylation sites (tertiary alicyclic amines) is 1. The molecule has 174 valence electrons. The minimum atomic E-state index is -0.352. The molecule has 4 heteroatoms. The van der Waals surface area contributed by atoms with Gasteiger partial charge in [0.15, 0.2) is 0 Å². The monoisotopic (exact) mass is 443 g/mol. The fraction of sp³-hybridized carbons (Fsp3) is 0.517. The molecule has 2 fully saturated rings. The van der Waals surface area contributed by atoms with Crippen LogP contribution in [0.3, 0.4) is 0 Å². The predicted octanol–water partition coefficient (Wildman–Crippen LogP) is 5.41. The van der Waals surface area contributed by atoms with Gasteiger partial charge in [-0.15, -0.1) is 0 Å². The number of nitriles is 1. The molecule has 1 amide bonds. The highest BCUT2D eigenvalue weighted by atomic mass is 16.1. The highest BCUT2D eigenvalue weighted by molar-refractivity contribution is 5.84. The van der Waals surface area contributed by atoms with E-state index in [1.165, 1.54) is 19.3 Å². The van der Waals surface area contributed by atoms with E-state index in [0.717, 1.165) is 62.9 Å². The lowest BCUT2D eigenvalue weighted by Crippen LogP contribution is -2.43. The lowest BCUT2D eigenvalue weighted by atomic mass is 9.74. The largest absolute Gasteiger partial charge is 0.356 e. The van der Waals surface area contributed by atoms with E-state index in [1.807, 2.05) is 36.4 Å². The van der Waals surface area contributed by atoms with Crippen LogP contribution in [0.15, 0.2) is 60.7 Å². The average molecular weight is 444 g/mol. The fourth-order valence-corrected chi connectivity index (χ4v) is 5.77. The molecule has 4 nitrogen and oxygen atoms in total. The summed E-state index contributed by atoms with van der Waals surface area (Å²) in [5.41, 5.74) is 1.95. The van der Waals surface area contributed by atoms with Crippen molar-refractivity contribution >= 4 is 5.91 Å². The summed E-state index contributed by atoms with van der Waals surface area (Å²) in [6.45, 7) is 3.56. The van der Waals surface area contributed by atoms with Crippen LogP contribution in [-0.4, -0.2) is 37.0 Å². The third-order valence-electron chi connectivity index (χ3n) is 7.76. The lowest BCUT2D eigenvalue weighted by molar-refractivity contribution is -0.124. The zero-order valence-corrected chi connectivity index (χ0v) is 19.7. The molecular formula is C29H37N3O. The van der Waals surface area contributed by atoms with Gasteiger partial charge in [0.05, 0.1) is 17.4 Å². The van der Waals surface area contributed by atoms with Crippen LogP contribution in [0.25, 0.3) is 0 Å². The molecule has 1 saturated carbocycles. The van der Waals surface area contributed by atoms with Crippen molar-refractivity contribution in [1.29, 1.82) is 5.26 Å². The van der Waals surface area contributed by atoms with Crippen molar-refractivity contribution in [3.8, 4) is 6.07 Å². The highest BCUT2D eigenvalue weighted by Crippen LogP contribution is 2.37. The maximum atomic E-state index is 13.2. The molecule has 0 radical (unpaired) electrons. The number of hydrogen-bond acceptors (Lipinski definition) is 3. The Balaban J connectivity index is 1.25. The Hall–Kier alpha value is -2.64. The summed E-state index contributed by atoms with van der Waals surface area (Å²) in [5, 5.41) is 13.1. The van der Waals surface area contributed by atoms with E-state index < -0.39 is 0 Å². The van der Waals surface area contributed by atoms with E-state index >= 15 is 0 Å². The maximum Gasteiger partial charge on any atom is 0.227 e. The second-order valence-electron chi connectivity index (χ2n) is 9.83. The van der Waals surface area contributed by atoms with Gasteiger partial charge in [-0.25, -0.2) is 0 Å². The summed E-state index contributed by atoms with van der Waals surface area (Å²) in [6, 6.07) is 23.2. The average Bonchev–Trinajstić information content (AvgIpc) is 2.89. The second kappa shape index (κ2) is 11.5. The Morgan fingerprint density at radius 1 is 1.00 bits per heavy atom. The zero-order chi connectivity index (χ0) is 22.9. The molecule has 0 bridgehead atoms.